The van der Waals surface area contributed by atoms with Gasteiger partial charge in [-0.1, -0.05) is 6.07 Å². The third-order valence-corrected chi connectivity index (χ3v) is 4.38. The van der Waals surface area contributed by atoms with E-state index in [0.717, 1.165) is 12.8 Å². The summed E-state index contributed by atoms with van der Waals surface area (Å²) in [5.41, 5.74) is -0.234. The molecule has 8 heteroatoms. The van der Waals surface area contributed by atoms with Crippen molar-refractivity contribution in [3.05, 3.63) is 52.6 Å². The van der Waals surface area contributed by atoms with Crippen LogP contribution in [0.3, 0.4) is 0 Å². The average Bonchev–Trinajstić information content (AvgIpc) is 2.63. The monoisotopic (exact) mass is 360 g/mol. The highest BCUT2D eigenvalue weighted by atomic mass is 19.1. The molecule has 1 aromatic carbocycles. The molecule has 2 aromatic rings. The molecule has 1 aliphatic heterocycles. The van der Waals surface area contributed by atoms with Gasteiger partial charge < -0.3 is 9.64 Å². The van der Waals surface area contributed by atoms with Gasteiger partial charge in [-0.05, 0) is 37.0 Å². The molecule has 7 nitrogen and oxygen atoms in total. The van der Waals surface area contributed by atoms with Crippen molar-refractivity contribution in [2.45, 2.75) is 12.8 Å². The van der Waals surface area contributed by atoms with E-state index in [2.05, 4.69) is 10.4 Å². The number of halogens is 1. The second kappa shape index (κ2) is 7.99. The third-order valence-electron chi connectivity index (χ3n) is 4.38. The largest absolute Gasteiger partial charge is 0.493 e. The Morgan fingerprint density at radius 3 is 2.77 bits per heavy atom. The maximum Gasteiger partial charge on any atom is 0.323 e. The lowest BCUT2D eigenvalue weighted by atomic mass is 9.98. The lowest BCUT2D eigenvalue weighted by Gasteiger charge is -2.31. The molecule has 1 fully saturated rings. The number of benzene rings is 1. The van der Waals surface area contributed by atoms with E-state index in [9.17, 15) is 14.0 Å². The molecule has 0 atom stereocenters. The summed E-state index contributed by atoms with van der Waals surface area (Å²) in [6, 6.07) is 8.70. The zero-order chi connectivity index (χ0) is 18.5. The Morgan fingerprint density at radius 1 is 1.31 bits per heavy atom. The molecule has 0 radical (unpaired) electrons. The number of hydrogen-bond acceptors (Lipinski definition) is 4. The molecule has 0 spiro atoms. The molecular weight excluding hydrogens is 339 g/mol. The molecule has 26 heavy (non-hydrogen) atoms. The van der Waals surface area contributed by atoms with Crippen molar-refractivity contribution >= 4 is 11.8 Å². The minimum absolute atomic E-state index is 0.234. The van der Waals surface area contributed by atoms with Crippen molar-refractivity contribution in [3.63, 3.8) is 0 Å². The molecule has 1 aliphatic rings. The Balaban J connectivity index is 1.46. The van der Waals surface area contributed by atoms with E-state index in [-0.39, 0.29) is 17.4 Å². The van der Waals surface area contributed by atoms with Crippen LogP contribution in [0.4, 0.5) is 15.0 Å². The number of nitrogens with zero attached hydrogens (tertiary/aromatic N) is 3. The van der Waals surface area contributed by atoms with Crippen LogP contribution in [0.1, 0.15) is 12.8 Å². The van der Waals surface area contributed by atoms with Crippen molar-refractivity contribution < 1.29 is 13.9 Å². The lowest BCUT2D eigenvalue weighted by Crippen LogP contribution is -2.42. The standard InChI is InChI=1S/C18H21FN4O3/c1-22-17(24)6-5-16(21-22)20-18(25)23-9-7-13(8-10-23)12-26-15-4-2-3-14(19)11-15/h2-6,11,13H,7-10,12H2,1H3,(H,20,21,25). The molecule has 2 heterocycles. The molecule has 1 aromatic heterocycles. The number of urea groups is 1. The number of aromatic nitrogens is 2. The Kier molecular flexibility index (Phi) is 5.50. The number of rotatable bonds is 4. The SMILES string of the molecule is Cn1nc(NC(=O)N2CCC(COc3cccc(F)c3)CC2)ccc1=O. The third kappa shape index (κ3) is 4.59. The van der Waals surface area contributed by atoms with Crippen molar-refractivity contribution in [3.8, 4) is 5.75 Å². The molecular formula is C18H21FN4O3. The van der Waals surface area contributed by atoms with Crippen LogP contribution in [-0.4, -0.2) is 40.4 Å². The van der Waals surface area contributed by atoms with E-state index < -0.39 is 0 Å². The average molecular weight is 360 g/mol. The quantitative estimate of drug-likeness (QED) is 0.907. The molecule has 1 N–H and O–H groups in total. The van der Waals surface area contributed by atoms with Gasteiger partial charge in [-0.2, -0.15) is 5.10 Å². The van der Waals surface area contributed by atoms with Crippen LogP contribution in [0, 0.1) is 11.7 Å². The minimum atomic E-state index is -0.319. The van der Waals surface area contributed by atoms with Gasteiger partial charge in [0.15, 0.2) is 5.82 Å². The molecule has 2 amide bonds. The second-order valence-corrected chi connectivity index (χ2v) is 6.31. The maximum absolute atomic E-state index is 13.1. The van der Waals surface area contributed by atoms with E-state index in [1.807, 2.05) is 0 Å². The fraction of sp³-hybridized carbons (Fsp3) is 0.389. The Morgan fingerprint density at radius 2 is 2.08 bits per heavy atom. The topological polar surface area (TPSA) is 76.5 Å². The van der Waals surface area contributed by atoms with Gasteiger partial charge in [0.25, 0.3) is 5.56 Å². The van der Waals surface area contributed by atoms with Crippen LogP contribution >= 0.6 is 0 Å². The van der Waals surface area contributed by atoms with Gasteiger partial charge >= 0.3 is 6.03 Å². The van der Waals surface area contributed by atoms with Crippen molar-refractivity contribution in [1.82, 2.24) is 14.7 Å². The summed E-state index contributed by atoms with van der Waals surface area (Å²) >= 11 is 0. The van der Waals surface area contributed by atoms with Crippen LogP contribution in [0.5, 0.6) is 5.75 Å². The fourth-order valence-electron chi connectivity index (χ4n) is 2.83. The molecule has 1 saturated heterocycles. The van der Waals surface area contributed by atoms with Gasteiger partial charge in [-0.15, -0.1) is 0 Å². The fourth-order valence-corrected chi connectivity index (χ4v) is 2.83. The summed E-state index contributed by atoms with van der Waals surface area (Å²) in [7, 11) is 1.53. The number of carbonyl (C=O) groups is 1. The zero-order valence-corrected chi connectivity index (χ0v) is 14.5. The Labute approximate surface area is 150 Å². The van der Waals surface area contributed by atoms with Gasteiger partial charge in [0.05, 0.1) is 6.61 Å². The summed E-state index contributed by atoms with van der Waals surface area (Å²) in [5.74, 6) is 0.860. The van der Waals surface area contributed by atoms with Gasteiger partial charge in [0.1, 0.15) is 11.6 Å². The van der Waals surface area contributed by atoms with Crippen LogP contribution in [-0.2, 0) is 7.05 Å². The molecule has 138 valence electrons. The molecule has 0 unspecified atom stereocenters. The van der Waals surface area contributed by atoms with Crippen LogP contribution in [0.25, 0.3) is 0 Å². The second-order valence-electron chi connectivity index (χ2n) is 6.31. The number of piperidine rings is 1. The zero-order valence-electron chi connectivity index (χ0n) is 14.5. The minimum Gasteiger partial charge on any atom is -0.493 e. The number of hydrogen-bond donors (Lipinski definition) is 1. The summed E-state index contributed by atoms with van der Waals surface area (Å²) in [4.78, 5) is 25.3. The first-order chi connectivity index (χ1) is 12.5. The number of nitrogens with one attached hydrogen (secondary N) is 1. The van der Waals surface area contributed by atoms with Gasteiger partial charge in [0, 0.05) is 32.3 Å². The lowest BCUT2D eigenvalue weighted by molar-refractivity contribution is 0.152. The van der Waals surface area contributed by atoms with E-state index in [4.69, 9.17) is 4.74 Å². The number of amides is 2. The predicted molar refractivity (Wildman–Crippen MR) is 94.7 cm³/mol. The number of likely N-dealkylation sites (tertiary alicyclic amines) is 1. The number of anilines is 1. The highest BCUT2D eigenvalue weighted by Crippen LogP contribution is 2.20. The van der Waals surface area contributed by atoms with E-state index in [1.165, 1.54) is 36.0 Å². The number of aryl methyl sites for hydroxylation is 1. The molecule has 3 rings (SSSR count). The van der Waals surface area contributed by atoms with E-state index in [0.29, 0.717) is 37.2 Å². The first kappa shape index (κ1) is 17.9. The molecule has 0 aliphatic carbocycles. The van der Waals surface area contributed by atoms with Crippen LogP contribution in [0.15, 0.2) is 41.2 Å². The van der Waals surface area contributed by atoms with E-state index in [1.54, 1.807) is 17.0 Å². The highest BCUT2D eigenvalue weighted by Gasteiger charge is 2.23. The normalized spacial score (nSPS) is 14.9. The van der Waals surface area contributed by atoms with Crippen LogP contribution < -0.4 is 15.6 Å². The van der Waals surface area contributed by atoms with Gasteiger partial charge in [-0.3, -0.25) is 10.1 Å². The first-order valence-corrected chi connectivity index (χ1v) is 8.50. The predicted octanol–water partition coefficient (Wildman–Crippen LogP) is 2.24. The summed E-state index contributed by atoms with van der Waals surface area (Å²) in [6.45, 7) is 1.71. The number of ether oxygens (including phenoxy) is 1. The van der Waals surface area contributed by atoms with Crippen molar-refractivity contribution in [2.75, 3.05) is 25.0 Å². The van der Waals surface area contributed by atoms with Crippen LogP contribution in [0.2, 0.25) is 0 Å². The molecule has 0 saturated carbocycles. The number of carbonyl (C=O) groups excluding carboxylic acids is 1. The maximum atomic E-state index is 13.1. The Bertz CT molecular complexity index is 831. The summed E-state index contributed by atoms with van der Waals surface area (Å²) in [6.07, 6.45) is 1.62. The Hall–Kier alpha value is -2.90. The summed E-state index contributed by atoms with van der Waals surface area (Å²) in [5, 5.41) is 6.69. The first-order valence-electron chi connectivity index (χ1n) is 8.50. The van der Waals surface area contributed by atoms with Crippen molar-refractivity contribution in [2.24, 2.45) is 13.0 Å². The van der Waals surface area contributed by atoms with E-state index >= 15 is 0 Å². The summed E-state index contributed by atoms with van der Waals surface area (Å²) < 4.78 is 20.0. The van der Waals surface area contributed by atoms with Gasteiger partial charge in [0.2, 0.25) is 0 Å². The molecule has 0 bridgehead atoms. The van der Waals surface area contributed by atoms with Crippen molar-refractivity contribution in [1.29, 1.82) is 0 Å². The highest BCUT2D eigenvalue weighted by molar-refractivity contribution is 5.88. The van der Waals surface area contributed by atoms with Gasteiger partial charge in [-0.25, -0.2) is 13.9 Å². The smallest absolute Gasteiger partial charge is 0.323 e.